The summed E-state index contributed by atoms with van der Waals surface area (Å²) in [6.45, 7) is 2.74. The van der Waals surface area contributed by atoms with E-state index in [-0.39, 0.29) is 0 Å². The lowest BCUT2D eigenvalue weighted by Gasteiger charge is -2.01. The van der Waals surface area contributed by atoms with E-state index in [1.54, 1.807) is 6.33 Å². The number of aryl methyl sites for hydroxylation is 1. The fourth-order valence-electron chi connectivity index (χ4n) is 2.51. The Morgan fingerprint density at radius 2 is 2.21 bits per heavy atom. The normalized spacial score (nSPS) is 11.3. The predicted molar refractivity (Wildman–Crippen MR) is 75.8 cm³/mol. The van der Waals surface area contributed by atoms with E-state index in [1.807, 2.05) is 17.8 Å². The molecule has 0 aliphatic heterocycles. The zero-order chi connectivity index (χ0) is 13.4. The number of aromatic nitrogens is 4. The minimum atomic E-state index is 0.638. The Labute approximate surface area is 111 Å². The first-order valence-electron chi connectivity index (χ1n) is 6.36. The molecule has 2 aromatic heterocycles. The summed E-state index contributed by atoms with van der Waals surface area (Å²) in [5.74, 6) is 0. The van der Waals surface area contributed by atoms with Gasteiger partial charge in [0.15, 0.2) is 0 Å². The Bertz CT molecular complexity index is 723. The Morgan fingerprint density at radius 1 is 1.37 bits per heavy atom. The fraction of sp³-hybridized carbons (Fsp3) is 0.286. The molecule has 0 unspecified atom stereocenters. The van der Waals surface area contributed by atoms with Gasteiger partial charge in [-0.15, -0.1) is 0 Å². The molecule has 98 valence electrons. The molecule has 19 heavy (non-hydrogen) atoms. The van der Waals surface area contributed by atoms with Crippen molar-refractivity contribution in [1.29, 1.82) is 0 Å². The summed E-state index contributed by atoms with van der Waals surface area (Å²) in [6, 6.07) is 6.16. The van der Waals surface area contributed by atoms with Crippen LogP contribution in [-0.4, -0.2) is 26.3 Å². The van der Waals surface area contributed by atoms with Crippen LogP contribution in [0.3, 0.4) is 0 Å². The van der Waals surface area contributed by atoms with E-state index in [0.29, 0.717) is 6.54 Å². The molecule has 5 nitrogen and oxygen atoms in total. The maximum absolute atomic E-state index is 5.65. The molecule has 0 bridgehead atoms. The zero-order valence-corrected chi connectivity index (χ0v) is 11.1. The van der Waals surface area contributed by atoms with Gasteiger partial charge in [-0.1, -0.05) is 6.07 Å². The zero-order valence-electron chi connectivity index (χ0n) is 11.1. The SMILES string of the molecule is Cc1c(-c2ccc3nc[nH]c3c2)nn(C)c1CCN. The minimum absolute atomic E-state index is 0.638. The summed E-state index contributed by atoms with van der Waals surface area (Å²) in [4.78, 5) is 7.36. The summed E-state index contributed by atoms with van der Waals surface area (Å²) in [5.41, 5.74) is 12.2. The molecule has 0 amide bonds. The van der Waals surface area contributed by atoms with Crippen LogP contribution in [0.15, 0.2) is 24.5 Å². The van der Waals surface area contributed by atoms with Gasteiger partial charge in [0.2, 0.25) is 0 Å². The molecule has 0 saturated heterocycles. The number of nitrogens with two attached hydrogens (primary N) is 1. The average molecular weight is 255 g/mol. The van der Waals surface area contributed by atoms with Crippen LogP contribution >= 0.6 is 0 Å². The number of aromatic amines is 1. The van der Waals surface area contributed by atoms with Crippen LogP contribution in [0.2, 0.25) is 0 Å². The highest BCUT2D eigenvalue weighted by Gasteiger charge is 2.13. The molecule has 5 heteroatoms. The minimum Gasteiger partial charge on any atom is -0.345 e. The molecule has 0 spiro atoms. The van der Waals surface area contributed by atoms with Crippen LogP contribution in [0.5, 0.6) is 0 Å². The second-order valence-corrected chi connectivity index (χ2v) is 4.72. The van der Waals surface area contributed by atoms with Crippen molar-refractivity contribution >= 4 is 11.0 Å². The number of nitrogens with zero attached hydrogens (tertiary/aromatic N) is 3. The third-order valence-corrected chi connectivity index (χ3v) is 3.50. The van der Waals surface area contributed by atoms with Crippen molar-refractivity contribution in [3.63, 3.8) is 0 Å². The summed E-state index contributed by atoms with van der Waals surface area (Å²) < 4.78 is 1.93. The maximum Gasteiger partial charge on any atom is 0.0955 e. The van der Waals surface area contributed by atoms with E-state index in [0.717, 1.165) is 28.7 Å². The highest BCUT2D eigenvalue weighted by Crippen LogP contribution is 2.26. The number of H-pyrrole nitrogens is 1. The first-order chi connectivity index (χ1) is 9.20. The van der Waals surface area contributed by atoms with Gasteiger partial charge in [-0.05, 0) is 31.2 Å². The molecule has 0 atom stereocenters. The standard InChI is InChI=1S/C14H17N5/c1-9-13(5-6-15)19(2)18-14(9)10-3-4-11-12(7-10)17-8-16-11/h3-4,7-8H,5-6,15H2,1-2H3,(H,16,17). The first kappa shape index (κ1) is 11.9. The lowest BCUT2D eigenvalue weighted by atomic mass is 10.1. The van der Waals surface area contributed by atoms with Gasteiger partial charge in [0.25, 0.3) is 0 Å². The molecule has 0 radical (unpaired) electrons. The van der Waals surface area contributed by atoms with Crippen LogP contribution < -0.4 is 5.73 Å². The Balaban J connectivity index is 2.12. The van der Waals surface area contributed by atoms with E-state index in [9.17, 15) is 0 Å². The Kier molecular flexibility index (Phi) is 2.83. The highest BCUT2D eigenvalue weighted by molar-refractivity contribution is 5.81. The van der Waals surface area contributed by atoms with E-state index < -0.39 is 0 Å². The van der Waals surface area contributed by atoms with Gasteiger partial charge in [-0.2, -0.15) is 5.10 Å². The summed E-state index contributed by atoms with van der Waals surface area (Å²) >= 11 is 0. The number of hydrogen-bond donors (Lipinski definition) is 2. The van der Waals surface area contributed by atoms with Gasteiger partial charge in [-0.3, -0.25) is 4.68 Å². The Morgan fingerprint density at radius 3 is 3.00 bits per heavy atom. The van der Waals surface area contributed by atoms with Gasteiger partial charge in [0, 0.05) is 24.7 Å². The van der Waals surface area contributed by atoms with Crippen LogP contribution in [0.25, 0.3) is 22.3 Å². The molecule has 0 saturated carbocycles. The largest absolute Gasteiger partial charge is 0.345 e. The molecule has 3 aromatic rings. The first-order valence-corrected chi connectivity index (χ1v) is 6.36. The maximum atomic E-state index is 5.65. The fourth-order valence-corrected chi connectivity index (χ4v) is 2.51. The van der Waals surface area contributed by atoms with Crippen molar-refractivity contribution in [2.45, 2.75) is 13.3 Å². The third kappa shape index (κ3) is 1.92. The summed E-state index contributed by atoms with van der Waals surface area (Å²) in [7, 11) is 1.97. The van der Waals surface area contributed by atoms with E-state index in [2.05, 4.69) is 34.1 Å². The molecule has 3 N–H and O–H groups in total. The molecule has 1 aromatic carbocycles. The summed E-state index contributed by atoms with van der Waals surface area (Å²) in [5, 5.41) is 4.62. The topological polar surface area (TPSA) is 72.5 Å². The number of nitrogens with one attached hydrogen (secondary N) is 1. The monoisotopic (exact) mass is 255 g/mol. The number of rotatable bonds is 3. The van der Waals surface area contributed by atoms with Crippen LogP contribution in [0.1, 0.15) is 11.3 Å². The Hall–Kier alpha value is -2.14. The second-order valence-electron chi connectivity index (χ2n) is 4.72. The van der Waals surface area contributed by atoms with Crippen molar-refractivity contribution in [1.82, 2.24) is 19.7 Å². The van der Waals surface area contributed by atoms with Gasteiger partial charge < -0.3 is 10.7 Å². The van der Waals surface area contributed by atoms with Crippen molar-refractivity contribution < 1.29 is 0 Å². The smallest absolute Gasteiger partial charge is 0.0955 e. The molecular weight excluding hydrogens is 238 g/mol. The van der Waals surface area contributed by atoms with Gasteiger partial charge in [0.05, 0.1) is 23.1 Å². The van der Waals surface area contributed by atoms with Gasteiger partial charge in [-0.25, -0.2) is 4.98 Å². The van der Waals surface area contributed by atoms with Crippen molar-refractivity contribution in [3.05, 3.63) is 35.8 Å². The van der Waals surface area contributed by atoms with Crippen LogP contribution in [0.4, 0.5) is 0 Å². The number of benzene rings is 1. The highest BCUT2D eigenvalue weighted by atomic mass is 15.3. The van der Waals surface area contributed by atoms with E-state index >= 15 is 0 Å². The third-order valence-electron chi connectivity index (χ3n) is 3.50. The molecule has 0 fully saturated rings. The number of imidazole rings is 1. The molecule has 0 aliphatic carbocycles. The van der Waals surface area contributed by atoms with Crippen molar-refractivity contribution in [2.75, 3.05) is 6.54 Å². The van der Waals surface area contributed by atoms with E-state index in [4.69, 9.17) is 5.73 Å². The number of hydrogen-bond acceptors (Lipinski definition) is 3. The molecule has 0 aliphatic rings. The molecule has 3 rings (SSSR count). The number of fused-ring (bicyclic) bond motifs is 1. The van der Waals surface area contributed by atoms with Crippen LogP contribution in [-0.2, 0) is 13.5 Å². The molecular formula is C14H17N5. The summed E-state index contributed by atoms with van der Waals surface area (Å²) in [6.07, 6.45) is 2.56. The van der Waals surface area contributed by atoms with Gasteiger partial charge in [0.1, 0.15) is 0 Å². The predicted octanol–water partition coefficient (Wildman–Crippen LogP) is 1.77. The van der Waals surface area contributed by atoms with Crippen molar-refractivity contribution in [3.8, 4) is 11.3 Å². The lowest BCUT2D eigenvalue weighted by Crippen LogP contribution is -2.08. The van der Waals surface area contributed by atoms with Crippen LogP contribution in [0, 0.1) is 6.92 Å². The average Bonchev–Trinajstić information content (AvgIpc) is 2.97. The second kappa shape index (κ2) is 4.51. The van der Waals surface area contributed by atoms with Gasteiger partial charge >= 0.3 is 0 Å². The van der Waals surface area contributed by atoms with E-state index in [1.165, 1.54) is 11.3 Å². The lowest BCUT2D eigenvalue weighted by molar-refractivity contribution is 0.706. The quantitative estimate of drug-likeness (QED) is 0.749. The van der Waals surface area contributed by atoms with Crippen molar-refractivity contribution in [2.24, 2.45) is 12.8 Å². The molecule has 2 heterocycles.